The molecule has 0 bridgehead atoms. The van der Waals surface area contributed by atoms with E-state index in [1.54, 1.807) is 0 Å². The van der Waals surface area contributed by atoms with Crippen molar-refractivity contribution in [2.75, 3.05) is 0 Å². The summed E-state index contributed by atoms with van der Waals surface area (Å²) in [6, 6.07) is 21.0. The fourth-order valence-electron chi connectivity index (χ4n) is 1.15. The van der Waals surface area contributed by atoms with Crippen LogP contribution in [-0.2, 0) is 4.57 Å². The largest absolute Gasteiger partial charge is 0.822 e. The summed E-state index contributed by atoms with van der Waals surface area (Å²) in [5, 5.41) is 2.68. The minimum absolute atomic E-state index is 1.28. The van der Waals surface area contributed by atoms with Gasteiger partial charge in [0.2, 0.25) is 0 Å². The van der Waals surface area contributed by atoms with Gasteiger partial charge in [-0.05, 0) is 24.3 Å². The first-order valence-corrected chi connectivity index (χ1v) is 7.35. The lowest BCUT2D eigenvalue weighted by atomic mass is 10.4. The molecule has 4 nitrogen and oxygen atoms in total. The maximum atomic E-state index is 8.55. The van der Waals surface area contributed by atoms with Gasteiger partial charge in [-0.15, -0.1) is 0 Å². The fourth-order valence-corrected chi connectivity index (χ4v) is 2.09. The molecule has 0 saturated carbocycles. The van der Waals surface area contributed by atoms with Gasteiger partial charge in [0, 0.05) is 0 Å². The van der Waals surface area contributed by atoms with Crippen molar-refractivity contribution in [3.63, 3.8) is 0 Å². The summed E-state index contributed by atoms with van der Waals surface area (Å²) in [6.07, 6.45) is 0. The van der Waals surface area contributed by atoms with Crippen LogP contribution in [0.1, 0.15) is 0 Å². The molecule has 96 valence electrons. The predicted octanol–water partition coefficient (Wildman–Crippen LogP) is -0.0590. The summed E-state index contributed by atoms with van der Waals surface area (Å²) >= 11 is 0. The van der Waals surface area contributed by atoms with Crippen molar-refractivity contribution < 1.29 is 30.0 Å². The molecule has 0 fully saturated rings. The third-order valence-corrected chi connectivity index (χ3v) is 2.88. The first kappa shape index (κ1) is 14.9. The molecule has 18 heavy (non-hydrogen) atoms. The van der Waals surface area contributed by atoms with E-state index in [9.17, 15) is 0 Å². The van der Waals surface area contributed by atoms with Gasteiger partial charge in [0.15, 0.2) is 0 Å². The van der Waals surface area contributed by atoms with Gasteiger partial charge in [0.25, 0.3) is 0 Å². The zero-order valence-corrected chi connectivity index (χ0v) is 11.1. The summed E-state index contributed by atoms with van der Waals surface area (Å²) in [7, 11) is -4.11. The lowest BCUT2D eigenvalue weighted by Crippen LogP contribution is -2.24. The highest BCUT2D eigenvalue weighted by Gasteiger charge is 2.08. The highest BCUT2D eigenvalue weighted by atomic mass is 35.5. The Morgan fingerprint density at radius 1 is 0.722 bits per heavy atom. The molecule has 0 unspecified atom stereocenters. The Labute approximate surface area is 109 Å². The van der Waals surface area contributed by atoms with E-state index in [2.05, 4.69) is 48.5 Å². The van der Waals surface area contributed by atoms with Crippen LogP contribution in [0.3, 0.4) is 0 Å². The van der Waals surface area contributed by atoms with Crippen molar-refractivity contribution in [3.05, 3.63) is 70.7 Å². The zero-order valence-electron chi connectivity index (χ0n) is 9.30. The highest BCUT2D eigenvalue weighted by molar-refractivity contribution is 7.40. The lowest BCUT2D eigenvalue weighted by Gasteiger charge is -2.36. The molecule has 0 N–H and O–H groups in total. The molecule has 0 aliphatic rings. The van der Waals surface area contributed by atoms with Crippen LogP contribution in [0.2, 0.25) is 10.0 Å². The average molecular weight is 287 g/mol. The molecule has 0 aliphatic heterocycles. The topological polar surface area (TPSA) is 86.2 Å². The Morgan fingerprint density at radius 2 is 1.00 bits per heavy atom. The number of rotatable bonds is 2. The molecule has 6 heteroatoms. The van der Waals surface area contributed by atoms with Gasteiger partial charge in [-0.25, -0.2) is 0 Å². The van der Waals surface area contributed by atoms with E-state index in [4.69, 9.17) is 19.2 Å². The van der Waals surface area contributed by atoms with Crippen molar-refractivity contribution >= 4 is 7.82 Å². The number of hydrogen-bond donors (Lipinski definition) is 0. The highest BCUT2D eigenvalue weighted by Crippen LogP contribution is 2.13. The predicted molar refractivity (Wildman–Crippen MR) is 61.6 cm³/mol. The number of phosphoric acid groups is 1. The first-order valence-electron chi connectivity index (χ1n) is 5.00. The van der Waals surface area contributed by atoms with E-state index in [1.807, 2.05) is 12.1 Å². The standard InChI is InChI=1S/C12H10Cl.H3O4P/c1-3-7-11(8-4-1)13-12-9-5-2-6-10-12;1-5(2,3)4/h1-10H;(H3,1,2,3,4)/q+3;/p-3. The van der Waals surface area contributed by atoms with E-state index < -0.39 is 7.82 Å². The SMILES string of the molecule is O=P([O-])([O-])[O-].c1ccc([ClH2+3]c2ccccc2)cc1. The monoisotopic (exact) mass is 286 g/mol. The average Bonchev–Trinajstić information content (AvgIpc) is 2.29. The van der Waals surface area contributed by atoms with Crippen LogP contribution in [0, 0.1) is 10.8 Å². The molecule has 0 saturated heterocycles. The summed E-state index contributed by atoms with van der Waals surface area (Å²) in [6.45, 7) is 0. The van der Waals surface area contributed by atoms with Crippen molar-refractivity contribution in [1.82, 2.24) is 0 Å². The minimum atomic E-state index is -5.39. The van der Waals surface area contributed by atoms with E-state index in [-0.39, 0.29) is 0 Å². The molecule has 0 aromatic heterocycles. The fraction of sp³-hybridized carbons (Fsp3) is 0. The Bertz CT molecular complexity index is 452. The van der Waals surface area contributed by atoms with Crippen molar-refractivity contribution in [3.8, 4) is 0 Å². The minimum Gasteiger partial charge on any atom is -0.822 e. The van der Waals surface area contributed by atoms with E-state index in [1.165, 1.54) is 20.8 Å². The van der Waals surface area contributed by atoms with Crippen molar-refractivity contribution in [1.29, 1.82) is 0 Å². The normalized spacial score (nSPS) is 10.4. The quantitative estimate of drug-likeness (QED) is 0.724. The lowest BCUT2D eigenvalue weighted by molar-refractivity contribution is -0.535. The molecule has 0 aliphatic carbocycles. The Kier molecular flexibility index (Phi) is 6.05. The summed E-state index contributed by atoms with van der Waals surface area (Å²) in [4.78, 5) is 25.6. The maximum absolute atomic E-state index is 8.55. The van der Waals surface area contributed by atoms with Crippen LogP contribution in [0.5, 0.6) is 0 Å². The number of halogens is 1. The third kappa shape index (κ3) is 8.01. The molecule has 2 aromatic rings. The second kappa shape index (κ2) is 7.31. The van der Waals surface area contributed by atoms with Crippen LogP contribution in [0.25, 0.3) is 0 Å². The molecule has 0 spiro atoms. The zero-order chi connectivity index (χ0) is 13.4. The molecule has 2 aromatic carbocycles. The van der Waals surface area contributed by atoms with Crippen molar-refractivity contribution in [2.24, 2.45) is 0 Å². The summed E-state index contributed by atoms with van der Waals surface area (Å²) in [5.74, 6) is 0. The van der Waals surface area contributed by atoms with E-state index in [0.717, 1.165) is 0 Å². The Morgan fingerprint density at radius 3 is 1.28 bits per heavy atom. The van der Waals surface area contributed by atoms with Gasteiger partial charge in [-0.2, -0.15) is 7.82 Å². The molecular formula is C12H12ClO4P. The number of benzene rings is 2. The van der Waals surface area contributed by atoms with Crippen LogP contribution in [-0.4, -0.2) is 0 Å². The maximum Gasteiger partial charge on any atom is 0.365 e. The molecule has 0 radical (unpaired) electrons. The van der Waals surface area contributed by atoms with Crippen LogP contribution < -0.4 is 14.7 Å². The van der Waals surface area contributed by atoms with Gasteiger partial charge < -0.3 is 30.0 Å². The van der Waals surface area contributed by atoms with E-state index in [0.29, 0.717) is 0 Å². The van der Waals surface area contributed by atoms with Gasteiger partial charge in [-0.1, -0.05) is 12.1 Å². The second-order valence-electron chi connectivity index (χ2n) is 3.23. The first-order chi connectivity index (χ1) is 8.45. The van der Waals surface area contributed by atoms with Crippen molar-refractivity contribution in [2.45, 2.75) is 0 Å². The molecule has 0 atom stereocenters. The summed E-state index contributed by atoms with van der Waals surface area (Å²) < 4.78 is 8.55. The second-order valence-corrected chi connectivity index (χ2v) is 5.38. The summed E-state index contributed by atoms with van der Waals surface area (Å²) in [5.41, 5.74) is 0. The Balaban J connectivity index is 0.000000280. The van der Waals surface area contributed by atoms with Crippen LogP contribution >= 0.6 is 7.82 Å². The van der Waals surface area contributed by atoms with Gasteiger partial charge in [-0.3, -0.25) is 0 Å². The molecular weight excluding hydrogens is 275 g/mol. The molecule has 2 rings (SSSR count). The van der Waals surface area contributed by atoms with Gasteiger partial charge in [0.05, 0.1) is 0 Å². The smallest absolute Gasteiger partial charge is 0.365 e. The van der Waals surface area contributed by atoms with Crippen LogP contribution in [0.4, 0.5) is 0 Å². The number of hydrogen-bond acceptors (Lipinski definition) is 4. The van der Waals surface area contributed by atoms with Crippen LogP contribution in [0.15, 0.2) is 60.7 Å². The van der Waals surface area contributed by atoms with Gasteiger partial charge in [0.1, 0.15) is 24.3 Å². The van der Waals surface area contributed by atoms with Gasteiger partial charge >= 0.3 is 10.0 Å². The van der Waals surface area contributed by atoms with E-state index >= 15 is 0 Å². The third-order valence-electron chi connectivity index (χ3n) is 1.77. The molecule has 0 amide bonds. The Hall–Kier alpha value is -1.16. The molecule has 0 heterocycles.